The van der Waals surface area contributed by atoms with Crippen LogP contribution in [0.5, 0.6) is 0 Å². The summed E-state index contributed by atoms with van der Waals surface area (Å²) in [4.78, 5) is 1.71. The molecule has 0 bridgehead atoms. The number of alkyl halides is 2. The maximum Gasteiger partial charge on any atom is 0.257 e. The van der Waals surface area contributed by atoms with E-state index in [9.17, 15) is 8.78 Å². The molecule has 1 aliphatic heterocycles. The zero-order chi connectivity index (χ0) is 8.48. The number of nitrogens with zero attached hydrogens (tertiary/aromatic N) is 1. The predicted molar refractivity (Wildman–Crippen MR) is 39.7 cm³/mol. The lowest BCUT2D eigenvalue weighted by Crippen LogP contribution is -2.35. The third kappa shape index (κ3) is 3.12. The Kier molecular flexibility index (Phi) is 2.44. The Balaban J connectivity index is 2.29. The molecule has 1 heterocycles. The Morgan fingerprint density at radius 2 is 2.27 bits per heavy atom. The van der Waals surface area contributed by atoms with Gasteiger partial charge < -0.3 is 5.73 Å². The van der Waals surface area contributed by atoms with Crippen molar-refractivity contribution in [3.05, 3.63) is 0 Å². The Hall–Kier alpha value is -0.220. The molecular formula is C7H14F2N2. The number of rotatable bonds is 2. The minimum absolute atomic E-state index is 0.0948. The number of hydrogen-bond donors (Lipinski definition) is 1. The van der Waals surface area contributed by atoms with E-state index < -0.39 is 5.92 Å². The fraction of sp³-hybridized carbons (Fsp3) is 1.00. The lowest BCUT2D eigenvalue weighted by atomic mass is 10.3. The van der Waals surface area contributed by atoms with Gasteiger partial charge in [-0.1, -0.05) is 0 Å². The summed E-state index contributed by atoms with van der Waals surface area (Å²) in [6.07, 6.45) is 0.843. The summed E-state index contributed by atoms with van der Waals surface area (Å²) in [6.45, 7) is 2.12. The van der Waals surface area contributed by atoms with Crippen LogP contribution in [0.2, 0.25) is 0 Å². The van der Waals surface area contributed by atoms with Crippen LogP contribution >= 0.6 is 0 Å². The Labute approximate surface area is 65.4 Å². The first kappa shape index (κ1) is 8.87. The van der Waals surface area contributed by atoms with Crippen LogP contribution in [0.15, 0.2) is 0 Å². The highest BCUT2D eigenvalue weighted by Gasteiger charge is 2.28. The standard InChI is InChI=1S/C7H14F2N2/c1-7(8,9)5-11-3-2-6(10)4-11/h6H,2-5,10H2,1H3. The zero-order valence-corrected chi connectivity index (χ0v) is 6.69. The molecule has 1 saturated heterocycles. The van der Waals surface area contributed by atoms with Gasteiger partial charge in [0.1, 0.15) is 0 Å². The van der Waals surface area contributed by atoms with Gasteiger partial charge in [0, 0.05) is 19.5 Å². The first-order valence-corrected chi connectivity index (χ1v) is 3.83. The van der Waals surface area contributed by atoms with Crippen molar-refractivity contribution in [2.24, 2.45) is 5.73 Å². The van der Waals surface area contributed by atoms with Gasteiger partial charge in [-0.3, -0.25) is 4.90 Å². The molecule has 0 aromatic rings. The van der Waals surface area contributed by atoms with E-state index in [4.69, 9.17) is 5.73 Å². The number of likely N-dealkylation sites (tertiary alicyclic amines) is 1. The van der Waals surface area contributed by atoms with E-state index in [0.717, 1.165) is 13.3 Å². The van der Waals surface area contributed by atoms with Crippen LogP contribution in [-0.2, 0) is 0 Å². The molecule has 4 heteroatoms. The van der Waals surface area contributed by atoms with Gasteiger partial charge in [0.2, 0.25) is 0 Å². The minimum Gasteiger partial charge on any atom is -0.326 e. The third-order valence-electron chi connectivity index (χ3n) is 1.81. The second kappa shape index (κ2) is 3.03. The molecule has 11 heavy (non-hydrogen) atoms. The predicted octanol–water partition coefficient (Wildman–Crippen LogP) is 0.675. The van der Waals surface area contributed by atoms with Crippen molar-refractivity contribution in [2.75, 3.05) is 19.6 Å². The number of nitrogens with two attached hydrogens (primary N) is 1. The van der Waals surface area contributed by atoms with Gasteiger partial charge in [-0.25, -0.2) is 8.78 Å². The molecule has 0 spiro atoms. The van der Waals surface area contributed by atoms with Crippen molar-refractivity contribution < 1.29 is 8.78 Å². The fourth-order valence-corrected chi connectivity index (χ4v) is 1.40. The van der Waals surface area contributed by atoms with E-state index in [-0.39, 0.29) is 12.6 Å². The monoisotopic (exact) mass is 164 g/mol. The van der Waals surface area contributed by atoms with E-state index in [1.54, 1.807) is 4.90 Å². The van der Waals surface area contributed by atoms with Crippen LogP contribution < -0.4 is 5.73 Å². The minimum atomic E-state index is -2.58. The van der Waals surface area contributed by atoms with Crippen LogP contribution in [0.3, 0.4) is 0 Å². The zero-order valence-electron chi connectivity index (χ0n) is 6.69. The molecule has 0 radical (unpaired) electrons. The van der Waals surface area contributed by atoms with Gasteiger partial charge in [-0.15, -0.1) is 0 Å². The molecule has 66 valence electrons. The van der Waals surface area contributed by atoms with Crippen molar-refractivity contribution in [3.8, 4) is 0 Å². The van der Waals surface area contributed by atoms with Gasteiger partial charge in [0.15, 0.2) is 0 Å². The average molecular weight is 164 g/mol. The maximum absolute atomic E-state index is 12.4. The summed E-state index contributed by atoms with van der Waals surface area (Å²) in [5.74, 6) is -2.58. The SMILES string of the molecule is CC(F)(F)CN1CCC(N)C1. The quantitative estimate of drug-likeness (QED) is 0.650. The summed E-state index contributed by atoms with van der Waals surface area (Å²) in [5.41, 5.74) is 5.56. The van der Waals surface area contributed by atoms with Crippen molar-refractivity contribution >= 4 is 0 Å². The van der Waals surface area contributed by atoms with Crippen LogP contribution in [0.1, 0.15) is 13.3 Å². The van der Waals surface area contributed by atoms with Crippen molar-refractivity contribution in [1.82, 2.24) is 4.90 Å². The van der Waals surface area contributed by atoms with Gasteiger partial charge in [0.25, 0.3) is 5.92 Å². The Morgan fingerprint density at radius 1 is 1.64 bits per heavy atom. The second-order valence-electron chi connectivity index (χ2n) is 3.35. The van der Waals surface area contributed by atoms with Crippen LogP contribution in [0.25, 0.3) is 0 Å². The van der Waals surface area contributed by atoms with Crippen molar-refractivity contribution in [3.63, 3.8) is 0 Å². The fourth-order valence-electron chi connectivity index (χ4n) is 1.40. The molecule has 2 N–H and O–H groups in total. The van der Waals surface area contributed by atoms with Gasteiger partial charge in [-0.05, 0) is 13.0 Å². The van der Waals surface area contributed by atoms with Crippen molar-refractivity contribution in [1.29, 1.82) is 0 Å². The highest BCUT2D eigenvalue weighted by molar-refractivity contribution is 4.80. The molecule has 0 saturated carbocycles. The van der Waals surface area contributed by atoms with Crippen LogP contribution in [-0.4, -0.2) is 36.5 Å². The lowest BCUT2D eigenvalue weighted by Gasteiger charge is -2.19. The van der Waals surface area contributed by atoms with E-state index >= 15 is 0 Å². The molecule has 1 rings (SSSR count). The summed E-state index contributed by atoms with van der Waals surface area (Å²) in [5, 5.41) is 0. The van der Waals surface area contributed by atoms with Crippen LogP contribution in [0, 0.1) is 0 Å². The molecule has 0 amide bonds. The van der Waals surface area contributed by atoms with Gasteiger partial charge in [0.05, 0.1) is 6.54 Å². The Bertz CT molecular complexity index is 133. The topological polar surface area (TPSA) is 29.3 Å². The molecular weight excluding hydrogens is 150 g/mol. The Morgan fingerprint density at radius 3 is 2.64 bits per heavy atom. The summed E-state index contributed by atoms with van der Waals surface area (Å²) < 4.78 is 24.8. The lowest BCUT2D eigenvalue weighted by molar-refractivity contribution is -0.00878. The largest absolute Gasteiger partial charge is 0.326 e. The maximum atomic E-state index is 12.4. The van der Waals surface area contributed by atoms with E-state index in [1.165, 1.54) is 0 Å². The van der Waals surface area contributed by atoms with E-state index in [2.05, 4.69) is 0 Å². The first-order valence-electron chi connectivity index (χ1n) is 3.83. The summed E-state index contributed by atoms with van der Waals surface area (Å²) >= 11 is 0. The van der Waals surface area contributed by atoms with E-state index in [0.29, 0.717) is 13.1 Å². The van der Waals surface area contributed by atoms with Crippen LogP contribution in [0.4, 0.5) is 8.78 Å². The third-order valence-corrected chi connectivity index (χ3v) is 1.81. The highest BCUT2D eigenvalue weighted by Crippen LogP contribution is 2.16. The number of halogens is 2. The molecule has 0 aliphatic carbocycles. The number of hydrogen-bond acceptors (Lipinski definition) is 2. The molecule has 1 aliphatic rings. The summed E-state index contributed by atoms with van der Waals surface area (Å²) in [7, 11) is 0. The summed E-state index contributed by atoms with van der Waals surface area (Å²) in [6, 6.07) is 0.0948. The van der Waals surface area contributed by atoms with Gasteiger partial charge >= 0.3 is 0 Å². The average Bonchev–Trinajstić information content (AvgIpc) is 2.10. The van der Waals surface area contributed by atoms with Crippen molar-refractivity contribution in [2.45, 2.75) is 25.3 Å². The normalized spacial score (nSPS) is 27.8. The smallest absolute Gasteiger partial charge is 0.257 e. The van der Waals surface area contributed by atoms with E-state index in [1.807, 2.05) is 0 Å². The first-order chi connectivity index (χ1) is 4.97. The molecule has 1 unspecified atom stereocenters. The molecule has 2 nitrogen and oxygen atoms in total. The second-order valence-corrected chi connectivity index (χ2v) is 3.35. The highest BCUT2D eigenvalue weighted by atomic mass is 19.3. The molecule has 0 aromatic carbocycles. The molecule has 0 aromatic heterocycles. The van der Waals surface area contributed by atoms with Gasteiger partial charge in [-0.2, -0.15) is 0 Å². The molecule has 1 fully saturated rings. The molecule has 1 atom stereocenters.